The van der Waals surface area contributed by atoms with Gasteiger partial charge in [-0.25, -0.2) is 4.98 Å². The smallest absolute Gasteiger partial charge is 0.257 e. The SMILES string of the molecule is COc1ccc(-c2nc(NC(=O)c3ccc(-c4ccccc4)cc3)sc2C)cc1OC. The predicted molar refractivity (Wildman–Crippen MR) is 125 cm³/mol. The van der Waals surface area contributed by atoms with Gasteiger partial charge in [0.05, 0.1) is 19.9 Å². The molecule has 0 saturated heterocycles. The van der Waals surface area contributed by atoms with Gasteiger partial charge in [0.1, 0.15) is 0 Å². The minimum Gasteiger partial charge on any atom is -0.493 e. The Morgan fingerprint density at radius 3 is 2.16 bits per heavy atom. The minimum atomic E-state index is -0.188. The first-order valence-electron chi connectivity index (χ1n) is 9.75. The van der Waals surface area contributed by atoms with E-state index in [1.165, 1.54) is 11.3 Å². The number of anilines is 1. The minimum absolute atomic E-state index is 0.188. The van der Waals surface area contributed by atoms with Crippen molar-refractivity contribution in [3.63, 3.8) is 0 Å². The summed E-state index contributed by atoms with van der Waals surface area (Å²) in [5.74, 6) is 1.11. The molecular weight excluding hydrogens is 408 g/mol. The quantitative estimate of drug-likeness (QED) is 0.404. The van der Waals surface area contributed by atoms with Crippen LogP contribution in [0.3, 0.4) is 0 Å². The van der Waals surface area contributed by atoms with Crippen LogP contribution in [0.2, 0.25) is 0 Å². The van der Waals surface area contributed by atoms with Crippen LogP contribution in [0.4, 0.5) is 5.13 Å². The number of hydrogen-bond acceptors (Lipinski definition) is 5. The van der Waals surface area contributed by atoms with Gasteiger partial charge >= 0.3 is 0 Å². The summed E-state index contributed by atoms with van der Waals surface area (Å²) in [6.07, 6.45) is 0. The summed E-state index contributed by atoms with van der Waals surface area (Å²) in [7, 11) is 3.20. The van der Waals surface area contributed by atoms with Gasteiger partial charge in [-0.15, -0.1) is 11.3 Å². The van der Waals surface area contributed by atoms with Crippen LogP contribution in [0.15, 0.2) is 72.8 Å². The molecule has 5 nitrogen and oxygen atoms in total. The molecule has 1 amide bonds. The van der Waals surface area contributed by atoms with Gasteiger partial charge in [0.15, 0.2) is 16.6 Å². The number of ether oxygens (including phenoxy) is 2. The molecule has 0 bridgehead atoms. The number of hydrogen-bond donors (Lipinski definition) is 1. The largest absolute Gasteiger partial charge is 0.493 e. The molecule has 4 aromatic rings. The van der Waals surface area contributed by atoms with E-state index >= 15 is 0 Å². The number of aryl methyl sites for hydroxylation is 1. The lowest BCUT2D eigenvalue weighted by atomic mass is 10.0. The molecule has 4 rings (SSSR count). The van der Waals surface area contributed by atoms with E-state index in [2.05, 4.69) is 10.3 Å². The van der Waals surface area contributed by atoms with Crippen LogP contribution in [0.25, 0.3) is 22.4 Å². The first-order valence-corrected chi connectivity index (χ1v) is 10.6. The molecule has 0 unspecified atom stereocenters. The summed E-state index contributed by atoms with van der Waals surface area (Å²) in [6, 6.07) is 23.3. The molecule has 31 heavy (non-hydrogen) atoms. The fraction of sp³-hybridized carbons (Fsp3) is 0.120. The van der Waals surface area contributed by atoms with E-state index in [0.29, 0.717) is 22.2 Å². The predicted octanol–water partition coefficient (Wildman–Crippen LogP) is 6.06. The average molecular weight is 431 g/mol. The second-order valence-electron chi connectivity index (χ2n) is 6.89. The second kappa shape index (κ2) is 9.02. The van der Waals surface area contributed by atoms with E-state index in [4.69, 9.17) is 9.47 Å². The Bertz CT molecular complexity index is 1200. The number of benzene rings is 3. The third-order valence-electron chi connectivity index (χ3n) is 4.93. The maximum Gasteiger partial charge on any atom is 0.257 e. The van der Waals surface area contributed by atoms with Crippen LogP contribution in [0, 0.1) is 6.92 Å². The second-order valence-corrected chi connectivity index (χ2v) is 8.09. The van der Waals surface area contributed by atoms with Crippen LogP contribution in [0.5, 0.6) is 11.5 Å². The van der Waals surface area contributed by atoms with E-state index in [9.17, 15) is 4.79 Å². The number of rotatable bonds is 6. The number of aromatic nitrogens is 1. The van der Waals surface area contributed by atoms with Crippen molar-refractivity contribution in [2.75, 3.05) is 19.5 Å². The number of carbonyl (C=O) groups is 1. The summed E-state index contributed by atoms with van der Waals surface area (Å²) in [4.78, 5) is 18.4. The highest BCUT2D eigenvalue weighted by molar-refractivity contribution is 7.16. The van der Waals surface area contributed by atoms with Gasteiger partial charge in [0.2, 0.25) is 0 Å². The number of nitrogens with zero attached hydrogens (tertiary/aromatic N) is 1. The van der Waals surface area contributed by atoms with Crippen molar-refractivity contribution in [1.82, 2.24) is 4.98 Å². The third kappa shape index (κ3) is 4.44. The van der Waals surface area contributed by atoms with Crippen LogP contribution in [0.1, 0.15) is 15.2 Å². The van der Waals surface area contributed by atoms with Crippen molar-refractivity contribution >= 4 is 22.4 Å². The zero-order valence-corrected chi connectivity index (χ0v) is 18.3. The van der Waals surface area contributed by atoms with Crippen molar-refractivity contribution in [3.8, 4) is 33.9 Å². The van der Waals surface area contributed by atoms with E-state index in [0.717, 1.165) is 27.3 Å². The number of amides is 1. The van der Waals surface area contributed by atoms with Crippen molar-refractivity contribution in [3.05, 3.63) is 83.2 Å². The van der Waals surface area contributed by atoms with Gasteiger partial charge in [-0.05, 0) is 48.4 Å². The molecule has 6 heteroatoms. The van der Waals surface area contributed by atoms with Crippen LogP contribution in [-0.4, -0.2) is 25.1 Å². The molecule has 0 spiro atoms. The van der Waals surface area contributed by atoms with Gasteiger partial charge in [-0.3, -0.25) is 10.1 Å². The Morgan fingerprint density at radius 1 is 0.839 bits per heavy atom. The standard InChI is InChI=1S/C25H22N2O3S/c1-16-23(20-13-14-21(29-2)22(15-20)30-3)26-25(31-16)27-24(28)19-11-9-18(10-12-19)17-7-5-4-6-8-17/h4-15H,1-3H3,(H,26,27,28). The molecule has 0 aliphatic heterocycles. The van der Waals surface area contributed by atoms with Crippen molar-refractivity contribution in [2.45, 2.75) is 6.92 Å². The van der Waals surface area contributed by atoms with Gasteiger partial charge in [-0.2, -0.15) is 0 Å². The Hall–Kier alpha value is -3.64. The van der Waals surface area contributed by atoms with Gasteiger partial charge in [-0.1, -0.05) is 42.5 Å². The molecule has 0 saturated carbocycles. The molecule has 0 fully saturated rings. The Kier molecular flexibility index (Phi) is 6.00. The molecule has 156 valence electrons. The van der Waals surface area contributed by atoms with Gasteiger partial charge in [0.25, 0.3) is 5.91 Å². The number of methoxy groups -OCH3 is 2. The fourth-order valence-corrected chi connectivity index (χ4v) is 4.15. The molecule has 0 aliphatic carbocycles. The maximum absolute atomic E-state index is 12.7. The monoisotopic (exact) mass is 430 g/mol. The van der Waals surface area contributed by atoms with Gasteiger partial charge < -0.3 is 9.47 Å². The lowest BCUT2D eigenvalue weighted by molar-refractivity contribution is 0.102. The highest BCUT2D eigenvalue weighted by atomic mass is 32.1. The summed E-state index contributed by atoms with van der Waals surface area (Å²) < 4.78 is 10.7. The normalized spacial score (nSPS) is 10.5. The van der Waals surface area contributed by atoms with E-state index in [-0.39, 0.29) is 5.91 Å². The number of thiazole rings is 1. The van der Waals surface area contributed by atoms with Crippen molar-refractivity contribution in [1.29, 1.82) is 0 Å². The van der Waals surface area contributed by atoms with E-state index in [1.807, 2.05) is 79.7 Å². The topological polar surface area (TPSA) is 60.5 Å². The molecule has 3 aromatic carbocycles. The average Bonchev–Trinajstić information content (AvgIpc) is 3.19. The Balaban J connectivity index is 1.52. The number of carbonyl (C=O) groups excluding carboxylic acids is 1. The molecule has 0 radical (unpaired) electrons. The lowest BCUT2D eigenvalue weighted by Crippen LogP contribution is -2.11. The molecule has 1 heterocycles. The summed E-state index contributed by atoms with van der Waals surface area (Å²) in [5, 5.41) is 3.47. The van der Waals surface area contributed by atoms with Crippen molar-refractivity contribution in [2.24, 2.45) is 0 Å². The molecule has 0 aliphatic rings. The first kappa shape index (κ1) is 20.6. The summed E-state index contributed by atoms with van der Waals surface area (Å²) >= 11 is 1.44. The Morgan fingerprint density at radius 2 is 1.48 bits per heavy atom. The summed E-state index contributed by atoms with van der Waals surface area (Å²) in [6.45, 7) is 1.98. The Labute approximate surface area is 185 Å². The maximum atomic E-state index is 12.7. The van der Waals surface area contributed by atoms with Crippen LogP contribution < -0.4 is 14.8 Å². The molecule has 1 aromatic heterocycles. The molecule has 0 atom stereocenters. The van der Waals surface area contributed by atoms with Crippen LogP contribution in [-0.2, 0) is 0 Å². The van der Waals surface area contributed by atoms with Crippen LogP contribution >= 0.6 is 11.3 Å². The zero-order chi connectivity index (χ0) is 21.8. The first-order chi connectivity index (χ1) is 15.1. The fourth-order valence-electron chi connectivity index (χ4n) is 3.32. The van der Waals surface area contributed by atoms with Gasteiger partial charge in [0, 0.05) is 16.0 Å². The number of nitrogens with one attached hydrogen (secondary N) is 1. The molecule has 1 N–H and O–H groups in total. The zero-order valence-electron chi connectivity index (χ0n) is 17.5. The third-order valence-corrected chi connectivity index (χ3v) is 5.81. The van der Waals surface area contributed by atoms with Crippen molar-refractivity contribution < 1.29 is 14.3 Å². The lowest BCUT2D eigenvalue weighted by Gasteiger charge is -2.08. The molecular formula is C25H22N2O3S. The van der Waals surface area contributed by atoms with E-state index in [1.54, 1.807) is 14.2 Å². The van der Waals surface area contributed by atoms with E-state index < -0.39 is 0 Å². The highest BCUT2D eigenvalue weighted by Crippen LogP contribution is 2.36. The highest BCUT2D eigenvalue weighted by Gasteiger charge is 2.15. The summed E-state index contributed by atoms with van der Waals surface area (Å²) in [5.41, 5.74) is 4.47.